The number of fused-ring (bicyclic) bond motifs is 1. The summed E-state index contributed by atoms with van der Waals surface area (Å²) in [5, 5.41) is 22.1. The Kier molecular flexibility index (Phi) is 8.17. The van der Waals surface area contributed by atoms with Gasteiger partial charge < -0.3 is 14.9 Å². The summed E-state index contributed by atoms with van der Waals surface area (Å²) >= 11 is 0. The van der Waals surface area contributed by atoms with Crippen LogP contribution in [-0.4, -0.2) is 41.4 Å². The van der Waals surface area contributed by atoms with Gasteiger partial charge >= 0.3 is 0 Å². The summed E-state index contributed by atoms with van der Waals surface area (Å²) in [6, 6.07) is 25.3. The van der Waals surface area contributed by atoms with Gasteiger partial charge in [0.05, 0.1) is 0 Å². The molecule has 4 nitrogen and oxygen atoms in total. The van der Waals surface area contributed by atoms with Gasteiger partial charge in [-0.25, -0.2) is 0 Å². The fourth-order valence-electron chi connectivity index (χ4n) is 4.90. The van der Waals surface area contributed by atoms with Crippen LogP contribution in [0.25, 0.3) is 21.9 Å². The number of ether oxygens (including phenoxy) is 1. The number of hydrogen-bond donors (Lipinski definition) is 2. The first-order valence-electron chi connectivity index (χ1n) is 12.1. The third-order valence-electron chi connectivity index (χ3n) is 6.70. The fourth-order valence-corrected chi connectivity index (χ4v) is 4.90. The average molecular weight is 490 g/mol. The van der Waals surface area contributed by atoms with Crippen molar-refractivity contribution in [1.29, 1.82) is 0 Å². The van der Waals surface area contributed by atoms with E-state index in [9.17, 15) is 10.2 Å². The molecule has 0 aromatic heterocycles. The maximum Gasteiger partial charge on any atom is 0.119 e. The summed E-state index contributed by atoms with van der Waals surface area (Å²) in [6.07, 6.45) is 4.69. The first-order chi connectivity index (χ1) is 16.7. The van der Waals surface area contributed by atoms with Crippen molar-refractivity contribution in [3.05, 3.63) is 90.0 Å². The van der Waals surface area contributed by atoms with Gasteiger partial charge in [0.1, 0.15) is 23.9 Å². The number of nitrogens with zero attached hydrogens (tertiary/aromatic N) is 1. The second-order valence-corrected chi connectivity index (χ2v) is 9.12. The molecule has 0 bridgehead atoms. The third-order valence-corrected chi connectivity index (χ3v) is 6.70. The van der Waals surface area contributed by atoms with Crippen molar-refractivity contribution in [2.75, 3.05) is 26.2 Å². The number of phenols is 2. The average Bonchev–Trinajstić information content (AvgIpc) is 2.86. The lowest BCUT2D eigenvalue weighted by Gasteiger charge is -2.26. The molecular weight excluding hydrogens is 458 g/mol. The molecule has 4 aromatic carbocycles. The zero-order chi connectivity index (χ0) is 23.3. The van der Waals surface area contributed by atoms with Gasteiger partial charge in [-0.2, -0.15) is 0 Å². The van der Waals surface area contributed by atoms with Gasteiger partial charge in [-0.05, 0) is 102 Å². The monoisotopic (exact) mass is 489 g/mol. The summed E-state index contributed by atoms with van der Waals surface area (Å²) in [7, 11) is 0. The summed E-state index contributed by atoms with van der Waals surface area (Å²) < 4.78 is 6.01. The van der Waals surface area contributed by atoms with Crippen LogP contribution in [0.5, 0.6) is 17.2 Å². The molecule has 0 amide bonds. The minimum absolute atomic E-state index is 0. The number of hydrogen-bond acceptors (Lipinski definition) is 4. The maximum atomic E-state index is 10.0. The van der Waals surface area contributed by atoms with Crippen LogP contribution < -0.4 is 4.74 Å². The molecule has 1 aliphatic rings. The Labute approximate surface area is 213 Å². The van der Waals surface area contributed by atoms with E-state index >= 15 is 0 Å². The van der Waals surface area contributed by atoms with Gasteiger partial charge in [-0.1, -0.05) is 48.9 Å². The van der Waals surface area contributed by atoms with Crippen LogP contribution in [-0.2, 0) is 6.42 Å². The van der Waals surface area contributed by atoms with Crippen LogP contribution in [0.3, 0.4) is 0 Å². The number of halogens is 1. The number of aromatic hydroxyl groups is 2. The summed E-state index contributed by atoms with van der Waals surface area (Å²) in [5.74, 6) is 1.41. The zero-order valence-electron chi connectivity index (χ0n) is 19.8. The molecule has 182 valence electrons. The van der Waals surface area contributed by atoms with E-state index in [1.807, 2.05) is 24.3 Å². The van der Waals surface area contributed by atoms with Crippen molar-refractivity contribution < 1.29 is 14.9 Å². The van der Waals surface area contributed by atoms with Gasteiger partial charge in [0.15, 0.2) is 0 Å². The molecule has 1 aliphatic heterocycles. The number of piperidine rings is 1. The highest BCUT2D eigenvalue weighted by atomic mass is 35.5. The summed E-state index contributed by atoms with van der Waals surface area (Å²) in [4.78, 5) is 2.49. The van der Waals surface area contributed by atoms with Crippen LogP contribution in [0.4, 0.5) is 0 Å². The van der Waals surface area contributed by atoms with Crippen LogP contribution in [0.15, 0.2) is 78.9 Å². The quantitative estimate of drug-likeness (QED) is 0.300. The molecule has 35 heavy (non-hydrogen) atoms. The van der Waals surface area contributed by atoms with Gasteiger partial charge in [0.25, 0.3) is 0 Å². The molecular formula is C30H32ClNO3. The minimum atomic E-state index is 0. The highest BCUT2D eigenvalue weighted by molar-refractivity contribution is 5.93. The topological polar surface area (TPSA) is 52.9 Å². The SMILES string of the molecule is Cl.Oc1cccc(-c2ccc3cc(O)ccc3c2Cc2ccc(OCCN3CCCCC3)cc2)c1. The molecule has 5 heteroatoms. The zero-order valence-corrected chi connectivity index (χ0v) is 20.6. The normalized spacial score (nSPS) is 13.9. The predicted molar refractivity (Wildman–Crippen MR) is 145 cm³/mol. The Bertz CT molecular complexity index is 1270. The third kappa shape index (κ3) is 6.08. The molecule has 0 unspecified atom stereocenters. The lowest BCUT2D eigenvalue weighted by Crippen LogP contribution is -2.33. The van der Waals surface area contributed by atoms with Crippen molar-refractivity contribution in [3.8, 4) is 28.4 Å². The highest BCUT2D eigenvalue weighted by Crippen LogP contribution is 2.35. The second kappa shape index (κ2) is 11.5. The van der Waals surface area contributed by atoms with Crippen LogP contribution in [0, 0.1) is 0 Å². The van der Waals surface area contributed by atoms with Crippen molar-refractivity contribution >= 4 is 23.2 Å². The lowest BCUT2D eigenvalue weighted by molar-refractivity contribution is 0.183. The van der Waals surface area contributed by atoms with E-state index in [2.05, 4.69) is 35.2 Å². The van der Waals surface area contributed by atoms with Gasteiger partial charge in [0, 0.05) is 6.54 Å². The molecule has 1 saturated heterocycles. The molecule has 5 rings (SSSR count). The van der Waals surface area contributed by atoms with E-state index in [1.165, 1.54) is 43.5 Å². The molecule has 2 N–H and O–H groups in total. The Morgan fingerprint density at radius 3 is 2.31 bits per heavy atom. The Hall–Kier alpha value is -3.21. The van der Waals surface area contributed by atoms with E-state index in [0.717, 1.165) is 40.6 Å². The van der Waals surface area contributed by atoms with Gasteiger partial charge in [-0.3, -0.25) is 4.90 Å². The highest BCUT2D eigenvalue weighted by Gasteiger charge is 2.13. The first kappa shape index (κ1) is 24.9. The van der Waals surface area contributed by atoms with Gasteiger partial charge in [0.2, 0.25) is 0 Å². The number of rotatable bonds is 7. The largest absolute Gasteiger partial charge is 0.508 e. The molecule has 0 spiro atoms. The molecule has 0 saturated carbocycles. The minimum Gasteiger partial charge on any atom is -0.508 e. The van der Waals surface area contributed by atoms with E-state index in [4.69, 9.17) is 4.74 Å². The summed E-state index contributed by atoms with van der Waals surface area (Å²) in [6.45, 7) is 4.07. The summed E-state index contributed by atoms with van der Waals surface area (Å²) in [5.41, 5.74) is 4.41. The van der Waals surface area contributed by atoms with Gasteiger partial charge in [-0.15, -0.1) is 12.4 Å². The van der Waals surface area contributed by atoms with E-state index in [-0.39, 0.29) is 23.9 Å². The maximum absolute atomic E-state index is 10.0. The van der Waals surface area contributed by atoms with Crippen molar-refractivity contribution in [2.24, 2.45) is 0 Å². The van der Waals surface area contributed by atoms with E-state index in [1.54, 1.807) is 24.3 Å². The first-order valence-corrected chi connectivity index (χ1v) is 12.1. The Morgan fingerprint density at radius 2 is 1.54 bits per heavy atom. The molecule has 0 atom stereocenters. The second-order valence-electron chi connectivity index (χ2n) is 9.12. The Balaban J connectivity index is 0.00000289. The van der Waals surface area contributed by atoms with Crippen molar-refractivity contribution in [1.82, 2.24) is 4.90 Å². The van der Waals surface area contributed by atoms with E-state index in [0.29, 0.717) is 6.61 Å². The molecule has 4 aromatic rings. The molecule has 1 fully saturated rings. The molecule has 1 heterocycles. The van der Waals surface area contributed by atoms with Crippen LogP contribution in [0.1, 0.15) is 30.4 Å². The lowest BCUT2D eigenvalue weighted by atomic mass is 9.90. The number of phenolic OH excluding ortho intramolecular Hbond substituents is 2. The van der Waals surface area contributed by atoms with Crippen LogP contribution >= 0.6 is 12.4 Å². The number of benzene rings is 4. The predicted octanol–water partition coefficient (Wildman–Crippen LogP) is 6.80. The molecule has 0 radical (unpaired) electrons. The number of likely N-dealkylation sites (tertiary alicyclic amines) is 1. The van der Waals surface area contributed by atoms with Crippen molar-refractivity contribution in [2.45, 2.75) is 25.7 Å². The fraction of sp³-hybridized carbons (Fsp3) is 0.267. The van der Waals surface area contributed by atoms with Crippen LogP contribution in [0.2, 0.25) is 0 Å². The van der Waals surface area contributed by atoms with Crippen molar-refractivity contribution in [3.63, 3.8) is 0 Å². The Morgan fingerprint density at radius 1 is 0.771 bits per heavy atom. The van der Waals surface area contributed by atoms with E-state index < -0.39 is 0 Å². The standard InChI is InChI=1S/C30H31NO3.ClH/c32-25-6-4-5-23(20-25)28-13-9-24-21-26(33)10-14-29(24)30(28)19-22-7-11-27(12-8-22)34-18-17-31-15-2-1-3-16-31;/h4-14,20-21,32-33H,1-3,15-19H2;1H. The smallest absolute Gasteiger partial charge is 0.119 e. The molecule has 0 aliphatic carbocycles.